The van der Waals surface area contributed by atoms with Crippen LogP contribution in [-0.4, -0.2) is 47.9 Å². The molecule has 0 saturated carbocycles. The first-order valence-electron chi connectivity index (χ1n) is 7.40. The van der Waals surface area contributed by atoms with E-state index in [9.17, 15) is 5.11 Å². The van der Waals surface area contributed by atoms with E-state index >= 15 is 0 Å². The van der Waals surface area contributed by atoms with E-state index in [0.29, 0.717) is 6.54 Å². The van der Waals surface area contributed by atoms with Crippen molar-refractivity contribution >= 4 is 21.8 Å². The van der Waals surface area contributed by atoms with Crippen molar-refractivity contribution < 1.29 is 22.0 Å². The summed E-state index contributed by atoms with van der Waals surface area (Å²) in [6.45, 7) is 1.37. The van der Waals surface area contributed by atoms with Gasteiger partial charge in [-0.2, -0.15) is 0 Å². The van der Waals surface area contributed by atoms with Crippen molar-refractivity contribution in [3.63, 3.8) is 0 Å². The van der Waals surface area contributed by atoms with Crippen molar-refractivity contribution in [1.82, 2.24) is 4.57 Å². The van der Waals surface area contributed by atoms with Gasteiger partial charge in [0.2, 0.25) is 0 Å². The third-order valence-corrected chi connectivity index (χ3v) is 3.83. The highest BCUT2D eigenvalue weighted by molar-refractivity contribution is 6.07. The zero-order valence-corrected chi connectivity index (χ0v) is 14.1. The molecule has 1 unspecified atom stereocenters. The number of benzene rings is 2. The molecular weight excluding hydrogens is 296 g/mol. The van der Waals surface area contributed by atoms with E-state index in [2.05, 4.69) is 74.2 Å². The number of hydrogen-bond acceptors (Lipinski definition) is 1. The van der Waals surface area contributed by atoms with Crippen molar-refractivity contribution in [2.45, 2.75) is 12.6 Å². The first-order valence-corrected chi connectivity index (χ1v) is 7.40. The van der Waals surface area contributed by atoms with Gasteiger partial charge in [-0.05, 0) is 12.1 Å². The fourth-order valence-corrected chi connectivity index (χ4v) is 3.10. The Bertz CT molecular complexity index is 720. The first-order chi connectivity index (χ1) is 9.96. The van der Waals surface area contributed by atoms with Gasteiger partial charge in [-0.1, -0.05) is 36.4 Å². The number of likely N-dealkylation sites (N-methyl/N-ethyl adjacent to an activating group) is 1. The van der Waals surface area contributed by atoms with E-state index in [1.165, 1.54) is 21.8 Å². The summed E-state index contributed by atoms with van der Waals surface area (Å²) in [5.74, 6) is 0. The highest BCUT2D eigenvalue weighted by Crippen LogP contribution is 2.28. The minimum absolute atomic E-state index is 0. The van der Waals surface area contributed by atoms with Gasteiger partial charge < -0.3 is 26.6 Å². The zero-order chi connectivity index (χ0) is 15.0. The minimum atomic E-state index is -0.357. The number of nitrogens with zero attached hydrogens (tertiary/aromatic N) is 2. The highest BCUT2D eigenvalue weighted by Gasteiger charge is 2.18. The largest absolute Gasteiger partial charge is 1.00 e. The summed E-state index contributed by atoms with van der Waals surface area (Å²) >= 11 is 0. The molecule has 0 amide bonds. The lowest BCUT2D eigenvalue weighted by Crippen LogP contribution is -3.00. The highest BCUT2D eigenvalue weighted by atomic mass is 35.5. The topological polar surface area (TPSA) is 25.2 Å². The lowest BCUT2D eigenvalue weighted by Gasteiger charge is -2.27. The predicted octanol–water partition coefficient (Wildman–Crippen LogP) is -0.134. The maximum absolute atomic E-state index is 10.4. The van der Waals surface area contributed by atoms with Gasteiger partial charge in [-0.15, -0.1) is 0 Å². The lowest BCUT2D eigenvalue weighted by atomic mass is 10.2. The van der Waals surface area contributed by atoms with E-state index < -0.39 is 0 Å². The monoisotopic (exact) mass is 318 g/mol. The number of hydrogen-bond donors (Lipinski definition) is 1. The molecule has 3 aromatic rings. The molecule has 4 heteroatoms. The Balaban J connectivity index is 0.00000176. The fourth-order valence-electron chi connectivity index (χ4n) is 3.10. The molecule has 1 atom stereocenters. The van der Waals surface area contributed by atoms with E-state index in [1.54, 1.807) is 0 Å². The molecule has 1 aromatic heterocycles. The number of aliphatic hydroxyl groups excluding tert-OH is 1. The summed E-state index contributed by atoms with van der Waals surface area (Å²) in [6, 6.07) is 16.8. The van der Waals surface area contributed by atoms with Gasteiger partial charge >= 0.3 is 0 Å². The molecule has 0 aliphatic rings. The molecule has 3 nitrogen and oxygen atoms in total. The van der Waals surface area contributed by atoms with Crippen LogP contribution in [0.1, 0.15) is 0 Å². The van der Waals surface area contributed by atoms with Gasteiger partial charge in [0, 0.05) is 21.8 Å². The van der Waals surface area contributed by atoms with Crippen molar-refractivity contribution in [3.05, 3.63) is 48.5 Å². The smallest absolute Gasteiger partial charge is 0.121 e. The second kappa shape index (κ2) is 6.29. The number of aliphatic hydroxyl groups is 1. The maximum Gasteiger partial charge on any atom is 0.121 e. The second-order valence-electron chi connectivity index (χ2n) is 6.77. The summed E-state index contributed by atoms with van der Waals surface area (Å²) in [7, 11) is 6.32. The molecule has 1 heterocycles. The van der Waals surface area contributed by atoms with Gasteiger partial charge in [-0.25, -0.2) is 0 Å². The minimum Gasteiger partial charge on any atom is -1.00 e. The van der Waals surface area contributed by atoms with E-state index in [0.717, 1.165) is 11.0 Å². The molecule has 0 fully saturated rings. The predicted molar refractivity (Wildman–Crippen MR) is 88.4 cm³/mol. The van der Waals surface area contributed by atoms with Gasteiger partial charge in [0.15, 0.2) is 0 Å². The maximum atomic E-state index is 10.4. The third kappa shape index (κ3) is 3.27. The summed E-state index contributed by atoms with van der Waals surface area (Å²) in [5.41, 5.74) is 2.39. The second-order valence-corrected chi connectivity index (χ2v) is 6.77. The molecule has 1 N–H and O–H groups in total. The number of aromatic nitrogens is 1. The van der Waals surface area contributed by atoms with Crippen LogP contribution in [0.25, 0.3) is 21.8 Å². The number of rotatable bonds is 4. The Morgan fingerprint density at radius 3 is 1.82 bits per heavy atom. The van der Waals surface area contributed by atoms with E-state index in [-0.39, 0.29) is 18.5 Å². The lowest BCUT2D eigenvalue weighted by molar-refractivity contribution is -0.873. The van der Waals surface area contributed by atoms with Gasteiger partial charge in [-0.3, -0.25) is 0 Å². The summed E-state index contributed by atoms with van der Waals surface area (Å²) in [6.07, 6.45) is -0.357. The van der Waals surface area contributed by atoms with Crippen LogP contribution in [0.5, 0.6) is 0 Å². The molecule has 2 aromatic carbocycles. The van der Waals surface area contributed by atoms with Crippen molar-refractivity contribution in [3.8, 4) is 0 Å². The van der Waals surface area contributed by atoms with Crippen molar-refractivity contribution in [1.29, 1.82) is 0 Å². The number of halogens is 1. The molecule has 118 valence electrons. The molecule has 0 radical (unpaired) electrons. The normalized spacial score (nSPS) is 13.3. The molecule has 0 bridgehead atoms. The average Bonchev–Trinajstić information content (AvgIpc) is 2.72. The first kappa shape index (κ1) is 16.8. The Hall–Kier alpha value is -1.55. The van der Waals surface area contributed by atoms with Crippen LogP contribution in [0, 0.1) is 0 Å². The third-order valence-electron chi connectivity index (χ3n) is 3.83. The summed E-state index contributed by atoms with van der Waals surface area (Å²) < 4.78 is 3.00. The molecule has 0 spiro atoms. The van der Waals surface area contributed by atoms with Crippen LogP contribution >= 0.6 is 0 Å². The van der Waals surface area contributed by atoms with Crippen molar-refractivity contribution in [2.75, 3.05) is 27.7 Å². The molecule has 3 rings (SSSR count). The van der Waals surface area contributed by atoms with Crippen LogP contribution in [-0.2, 0) is 6.54 Å². The molecular formula is C18H23ClN2O. The van der Waals surface area contributed by atoms with Gasteiger partial charge in [0.1, 0.15) is 12.6 Å². The van der Waals surface area contributed by atoms with Crippen molar-refractivity contribution in [2.24, 2.45) is 0 Å². The SMILES string of the molecule is C[N+](C)(C)CC(O)Cn1c2ccccc2c2ccccc21.[Cl-]. The standard InChI is InChI=1S/C18H23N2O.ClH/c1-20(2,3)13-14(21)12-19-17-10-6-4-8-15(17)16-9-5-7-11-18(16)19;/h4-11,14,21H,12-13H2,1-3H3;1H/q+1;/p-1. The quantitative estimate of drug-likeness (QED) is 0.666. The summed E-state index contributed by atoms with van der Waals surface area (Å²) in [4.78, 5) is 0. The van der Waals surface area contributed by atoms with E-state index in [4.69, 9.17) is 0 Å². The number of fused-ring (bicyclic) bond motifs is 3. The number of quaternary nitrogens is 1. The van der Waals surface area contributed by atoms with E-state index in [1.807, 2.05) is 0 Å². The molecule has 0 aliphatic carbocycles. The van der Waals surface area contributed by atoms with Crippen LogP contribution in [0.4, 0.5) is 0 Å². The van der Waals surface area contributed by atoms with Crippen LogP contribution in [0.2, 0.25) is 0 Å². The van der Waals surface area contributed by atoms with Gasteiger partial charge in [0.25, 0.3) is 0 Å². The molecule has 0 saturated heterocycles. The molecule has 0 aliphatic heterocycles. The van der Waals surface area contributed by atoms with Crippen LogP contribution in [0.3, 0.4) is 0 Å². The Morgan fingerprint density at radius 1 is 0.909 bits per heavy atom. The Kier molecular flexibility index (Phi) is 4.81. The summed E-state index contributed by atoms with van der Waals surface area (Å²) in [5, 5.41) is 12.9. The molecule has 22 heavy (non-hydrogen) atoms. The number of para-hydroxylation sites is 2. The Morgan fingerprint density at radius 2 is 1.36 bits per heavy atom. The Labute approximate surface area is 137 Å². The van der Waals surface area contributed by atoms with Crippen LogP contribution in [0.15, 0.2) is 48.5 Å². The zero-order valence-electron chi connectivity index (χ0n) is 13.3. The van der Waals surface area contributed by atoms with Crippen LogP contribution < -0.4 is 12.4 Å². The average molecular weight is 319 g/mol. The van der Waals surface area contributed by atoms with Gasteiger partial charge in [0.05, 0.1) is 27.7 Å². The fraction of sp³-hybridized carbons (Fsp3) is 0.333.